The Morgan fingerprint density at radius 2 is 1.81 bits per heavy atom. The lowest BCUT2D eigenvalue weighted by Crippen LogP contribution is -2.18. The molecule has 0 aliphatic heterocycles. The summed E-state index contributed by atoms with van der Waals surface area (Å²) in [6.45, 7) is 12.6. The van der Waals surface area contributed by atoms with E-state index < -0.39 is 0 Å². The molecule has 1 aliphatic rings. The van der Waals surface area contributed by atoms with E-state index in [1.165, 1.54) is 0 Å². The quantitative estimate of drug-likeness (QED) is 0.749. The predicted octanol–water partition coefficient (Wildman–Crippen LogP) is 5.24. The van der Waals surface area contributed by atoms with Crippen LogP contribution in [0.1, 0.15) is 69.4 Å². The molecule has 21 heavy (non-hydrogen) atoms. The third kappa shape index (κ3) is 3.18. The predicted molar refractivity (Wildman–Crippen MR) is 90.1 cm³/mol. The first-order chi connectivity index (χ1) is 9.42. The summed E-state index contributed by atoms with van der Waals surface area (Å²) in [5, 5.41) is 10.4. The second kappa shape index (κ2) is 5.12. The molecule has 1 aromatic rings. The fourth-order valence-electron chi connectivity index (χ4n) is 3.13. The van der Waals surface area contributed by atoms with Crippen molar-refractivity contribution in [2.75, 3.05) is 0 Å². The number of phenols is 1. The summed E-state index contributed by atoms with van der Waals surface area (Å²) in [7, 11) is 0. The van der Waals surface area contributed by atoms with Crippen molar-refractivity contribution in [1.82, 2.24) is 0 Å². The Morgan fingerprint density at radius 3 is 2.29 bits per heavy atom. The highest BCUT2D eigenvalue weighted by molar-refractivity contribution is 9.10. The Morgan fingerprint density at radius 1 is 1.24 bits per heavy atom. The van der Waals surface area contributed by atoms with Crippen molar-refractivity contribution >= 4 is 21.7 Å². The maximum Gasteiger partial charge on any atom is 0.166 e. The molecule has 0 aromatic heterocycles. The van der Waals surface area contributed by atoms with Gasteiger partial charge in [-0.1, -0.05) is 41.5 Å². The van der Waals surface area contributed by atoms with E-state index in [9.17, 15) is 9.90 Å². The van der Waals surface area contributed by atoms with Crippen molar-refractivity contribution in [2.45, 2.75) is 59.8 Å². The third-order valence-electron chi connectivity index (χ3n) is 4.10. The first-order valence-electron chi connectivity index (χ1n) is 7.51. The molecular weight excluding hydrogens is 328 g/mol. The maximum absolute atomic E-state index is 12.7. The van der Waals surface area contributed by atoms with Crippen molar-refractivity contribution in [3.63, 3.8) is 0 Å². The minimum absolute atomic E-state index is 0.0333. The van der Waals surface area contributed by atoms with Crippen LogP contribution in [0.5, 0.6) is 5.75 Å². The Hall–Kier alpha value is -0.830. The van der Waals surface area contributed by atoms with E-state index in [1.807, 2.05) is 26.8 Å². The van der Waals surface area contributed by atoms with E-state index in [0.29, 0.717) is 4.47 Å². The lowest BCUT2D eigenvalue weighted by Gasteiger charge is -2.22. The van der Waals surface area contributed by atoms with Gasteiger partial charge in [-0.15, -0.1) is 0 Å². The van der Waals surface area contributed by atoms with Crippen LogP contribution in [0.25, 0.3) is 0 Å². The van der Waals surface area contributed by atoms with Crippen LogP contribution in [0, 0.1) is 11.3 Å². The molecule has 0 bridgehead atoms. The summed E-state index contributed by atoms with van der Waals surface area (Å²) in [4.78, 5) is 12.7. The SMILES string of the molecule is CC(C)(C)CC1Cc2c(cc(C(C)(C)C)c(O)c2Br)C1=O. The molecule has 0 saturated heterocycles. The van der Waals surface area contributed by atoms with Gasteiger partial charge >= 0.3 is 0 Å². The number of Topliss-reactive ketones (excluding diaryl/α,β-unsaturated/α-hetero) is 1. The van der Waals surface area contributed by atoms with Gasteiger partial charge in [-0.2, -0.15) is 0 Å². The van der Waals surface area contributed by atoms with Crippen molar-refractivity contribution in [3.05, 3.63) is 27.2 Å². The van der Waals surface area contributed by atoms with Crippen molar-refractivity contribution < 1.29 is 9.90 Å². The number of hydrogen-bond donors (Lipinski definition) is 1. The minimum atomic E-state index is -0.190. The molecule has 1 atom stereocenters. The van der Waals surface area contributed by atoms with E-state index in [0.717, 1.165) is 29.5 Å². The molecule has 2 rings (SSSR count). The van der Waals surface area contributed by atoms with Gasteiger partial charge in [-0.05, 0) is 51.2 Å². The number of benzene rings is 1. The smallest absolute Gasteiger partial charge is 0.166 e. The zero-order valence-corrected chi connectivity index (χ0v) is 15.4. The summed E-state index contributed by atoms with van der Waals surface area (Å²) in [5.41, 5.74) is 2.53. The molecule has 0 saturated carbocycles. The number of rotatable bonds is 1. The number of aromatic hydroxyl groups is 1. The monoisotopic (exact) mass is 352 g/mol. The van der Waals surface area contributed by atoms with Crippen molar-refractivity contribution in [1.29, 1.82) is 0 Å². The first kappa shape index (κ1) is 16.5. The lowest BCUT2D eigenvalue weighted by atomic mass is 9.83. The van der Waals surface area contributed by atoms with Gasteiger partial charge in [-0.3, -0.25) is 4.79 Å². The molecule has 0 amide bonds. The molecule has 1 unspecified atom stereocenters. The number of halogens is 1. The first-order valence-corrected chi connectivity index (χ1v) is 8.30. The van der Waals surface area contributed by atoms with Gasteiger partial charge in [0.05, 0.1) is 4.47 Å². The summed E-state index contributed by atoms with van der Waals surface area (Å²) >= 11 is 3.51. The van der Waals surface area contributed by atoms with Crippen LogP contribution < -0.4 is 0 Å². The molecule has 116 valence electrons. The fourth-order valence-corrected chi connectivity index (χ4v) is 3.72. The number of fused-ring (bicyclic) bond motifs is 1. The Kier molecular flexibility index (Phi) is 4.03. The second-order valence-corrected chi connectivity index (χ2v) is 9.19. The van der Waals surface area contributed by atoms with Gasteiger partial charge in [0, 0.05) is 17.0 Å². The van der Waals surface area contributed by atoms with Gasteiger partial charge in [0.15, 0.2) is 5.78 Å². The molecule has 0 spiro atoms. The highest BCUT2D eigenvalue weighted by Gasteiger charge is 2.37. The van der Waals surface area contributed by atoms with Crippen molar-refractivity contribution in [3.8, 4) is 5.75 Å². The molecule has 1 aromatic carbocycles. The summed E-state index contributed by atoms with van der Waals surface area (Å²) in [5.74, 6) is 0.544. The van der Waals surface area contributed by atoms with Crippen LogP contribution in [-0.2, 0) is 11.8 Å². The van der Waals surface area contributed by atoms with Gasteiger partial charge in [0.1, 0.15) is 5.75 Å². The van der Waals surface area contributed by atoms with E-state index in [-0.39, 0.29) is 28.3 Å². The van der Waals surface area contributed by atoms with Crippen LogP contribution >= 0.6 is 15.9 Å². The topological polar surface area (TPSA) is 37.3 Å². The van der Waals surface area contributed by atoms with E-state index >= 15 is 0 Å². The van der Waals surface area contributed by atoms with E-state index in [4.69, 9.17) is 0 Å². The van der Waals surface area contributed by atoms with Crippen LogP contribution in [0.2, 0.25) is 0 Å². The van der Waals surface area contributed by atoms with Crippen LogP contribution in [0.4, 0.5) is 0 Å². The van der Waals surface area contributed by atoms with Crippen LogP contribution in [-0.4, -0.2) is 10.9 Å². The average molecular weight is 353 g/mol. The summed E-state index contributed by atoms with van der Waals surface area (Å²) in [6.07, 6.45) is 1.60. The summed E-state index contributed by atoms with van der Waals surface area (Å²) in [6, 6.07) is 1.90. The maximum atomic E-state index is 12.7. The fraction of sp³-hybridized carbons (Fsp3) is 0.611. The molecular formula is C18H25BrO2. The molecule has 1 aliphatic carbocycles. The zero-order chi connectivity index (χ0) is 16.2. The molecule has 0 fully saturated rings. The van der Waals surface area contributed by atoms with Gasteiger partial charge in [0.2, 0.25) is 0 Å². The van der Waals surface area contributed by atoms with E-state index in [2.05, 4.69) is 36.7 Å². The average Bonchev–Trinajstić information content (AvgIpc) is 2.58. The standard InChI is InChI=1S/C18H25BrO2/c1-17(2,3)9-10-7-11-12(15(10)20)8-13(18(4,5)6)16(21)14(11)19/h8,10,21H,7,9H2,1-6H3. The highest BCUT2D eigenvalue weighted by atomic mass is 79.9. The largest absolute Gasteiger partial charge is 0.506 e. The number of carbonyl (C=O) groups is 1. The second-order valence-electron chi connectivity index (χ2n) is 8.39. The van der Waals surface area contributed by atoms with E-state index in [1.54, 1.807) is 0 Å². The highest BCUT2D eigenvalue weighted by Crippen LogP contribution is 2.45. The molecule has 2 nitrogen and oxygen atoms in total. The molecule has 3 heteroatoms. The van der Waals surface area contributed by atoms with Gasteiger partial charge in [0.25, 0.3) is 0 Å². The number of hydrogen-bond acceptors (Lipinski definition) is 2. The number of ketones is 1. The summed E-state index contributed by atoms with van der Waals surface area (Å²) < 4.78 is 0.703. The lowest BCUT2D eigenvalue weighted by molar-refractivity contribution is 0.0903. The Bertz CT molecular complexity index is 589. The number of carbonyl (C=O) groups excluding carboxylic acids is 1. The Balaban J connectivity index is 2.49. The van der Waals surface area contributed by atoms with Crippen LogP contribution in [0.15, 0.2) is 10.5 Å². The molecule has 1 N–H and O–H groups in total. The Labute approximate surface area is 136 Å². The third-order valence-corrected chi connectivity index (χ3v) is 4.95. The van der Waals surface area contributed by atoms with Crippen LogP contribution in [0.3, 0.4) is 0 Å². The molecule has 0 radical (unpaired) electrons. The van der Waals surface area contributed by atoms with Crippen molar-refractivity contribution in [2.24, 2.45) is 11.3 Å². The minimum Gasteiger partial charge on any atom is -0.506 e. The number of phenolic OH excluding ortho intramolecular Hbond substituents is 1. The normalized spacial score (nSPS) is 19.0. The zero-order valence-electron chi connectivity index (χ0n) is 13.8. The molecule has 0 heterocycles. The van der Waals surface area contributed by atoms with Gasteiger partial charge < -0.3 is 5.11 Å². The van der Waals surface area contributed by atoms with Gasteiger partial charge in [-0.25, -0.2) is 0 Å².